The first-order valence-corrected chi connectivity index (χ1v) is 6.98. The van der Waals surface area contributed by atoms with E-state index >= 15 is 0 Å². The van der Waals surface area contributed by atoms with Crippen molar-refractivity contribution in [2.24, 2.45) is 0 Å². The summed E-state index contributed by atoms with van der Waals surface area (Å²) < 4.78 is 0. The quantitative estimate of drug-likeness (QED) is 0.848. The van der Waals surface area contributed by atoms with Gasteiger partial charge in [-0.05, 0) is 36.1 Å². The van der Waals surface area contributed by atoms with E-state index in [-0.39, 0.29) is 18.6 Å². The highest BCUT2D eigenvalue weighted by molar-refractivity contribution is 7.12. The fraction of sp³-hybridized carbons (Fsp3) is 0.200. The first-order valence-electron chi connectivity index (χ1n) is 6.10. The van der Waals surface area contributed by atoms with Gasteiger partial charge in [0.25, 0.3) is 5.91 Å². The van der Waals surface area contributed by atoms with Gasteiger partial charge in [0.05, 0.1) is 6.04 Å². The summed E-state index contributed by atoms with van der Waals surface area (Å²) in [7, 11) is 0. The second kappa shape index (κ2) is 6.85. The number of carbonyl (C=O) groups excluding carboxylic acids is 1. The third-order valence-corrected chi connectivity index (χ3v) is 3.64. The van der Waals surface area contributed by atoms with E-state index in [1.54, 1.807) is 18.5 Å². The largest absolute Gasteiger partial charge is 0.384 e. The number of hydrogen-bond donors (Lipinski definition) is 2. The molecule has 1 unspecified atom stereocenters. The molecule has 0 aliphatic carbocycles. The van der Waals surface area contributed by atoms with E-state index < -0.39 is 0 Å². The van der Waals surface area contributed by atoms with E-state index in [9.17, 15) is 4.79 Å². The van der Waals surface area contributed by atoms with Gasteiger partial charge in [0, 0.05) is 18.0 Å². The molecule has 2 N–H and O–H groups in total. The maximum atomic E-state index is 12.2. The standard InChI is InChI=1S/C15H14N2O2S/c1-11(12-4-7-16-8-5-12)17-15(19)14-13(3-2-9-18)6-10-20-14/h4-8,10-11,18H,9H2,1H3,(H,17,19). The molecule has 0 aromatic carbocycles. The van der Waals surface area contributed by atoms with Gasteiger partial charge in [-0.15, -0.1) is 11.3 Å². The molecule has 4 nitrogen and oxygen atoms in total. The molecule has 1 amide bonds. The maximum Gasteiger partial charge on any atom is 0.263 e. The second-order valence-corrected chi connectivity index (χ2v) is 5.02. The van der Waals surface area contributed by atoms with E-state index in [4.69, 9.17) is 5.11 Å². The number of thiophene rings is 1. The van der Waals surface area contributed by atoms with Crippen molar-refractivity contribution in [1.82, 2.24) is 10.3 Å². The van der Waals surface area contributed by atoms with E-state index in [1.807, 2.05) is 24.4 Å². The van der Waals surface area contributed by atoms with Crippen LogP contribution < -0.4 is 5.32 Å². The minimum Gasteiger partial charge on any atom is -0.384 e. The molecule has 2 aromatic heterocycles. The summed E-state index contributed by atoms with van der Waals surface area (Å²) in [5, 5.41) is 13.5. The monoisotopic (exact) mass is 286 g/mol. The third-order valence-electron chi connectivity index (χ3n) is 2.73. The van der Waals surface area contributed by atoms with Crippen LogP contribution in [0, 0.1) is 11.8 Å². The lowest BCUT2D eigenvalue weighted by atomic mass is 10.1. The summed E-state index contributed by atoms with van der Waals surface area (Å²) in [4.78, 5) is 16.7. The number of nitrogens with zero attached hydrogens (tertiary/aromatic N) is 1. The highest BCUT2D eigenvalue weighted by Crippen LogP contribution is 2.18. The summed E-state index contributed by atoms with van der Waals surface area (Å²) in [6.45, 7) is 1.70. The van der Waals surface area contributed by atoms with Crippen molar-refractivity contribution >= 4 is 17.2 Å². The number of aliphatic hydroxyl groups excluding tert-OH is 1. The van der Waals surface area contributed by atoms with E-state index in [1.165, 1.54) is 11.3 Å². The molecule has 2 rings (SSSR count). The van der Waals surface area contributed by atoms with Gasteiger partial charge in [0.1, 0.15) is 11.5 Å². The van der Waals surface area contributed by atoms with E-state index in [2.05, 4.69) is 22.1 Å². The van der Waals surface area contributed by atoms with Crippen LogP contribution in [-0.4, -0.2) is 22.6 Å². The molecule has 1 atom stereocenters. The molecule has 0 aliphatic rings. The summed E-state index contributed by atoms with van der Waals surface area (Å²) in [5.74, 6) is 5.17. The minimum atomic E-state index is -0.218. The second-order valence-electron chi connectivity index (χ2n) is 4.10. The van der Waals surface area contributed by atoms with Gasteiger partial charge in [-0.1, -0.05) is 11.8 Å². The first-order chi connectivity index (χ1) is 9.72. The predicted molar refractivity (Wildman–Crippen MR) is 78.4 cm³/mol. The molecule has 2 heterocycles. The lowest BCUT2D eigenvalue weighted by Crippen LogP contribution is -2.26. The predicted octanol–water partition coefficient (Wildman–Crippen LogP) is 1.98. The van der Waals surface area contributed by atoms with Crippen LogP contribution in [0.2, 0.25) is 0 Å². The Labute approximate surface area is 121 Å². The summed E-state index contributed by atoms with van der Waals surface area (Å²) in [5.41, 5.74) is 1.64. The molecule has 20 heavy (non-hydrogen) atoms. The number of hydrogen-bond acceptors (Lipinski definition) is 4. The Balaban J connectivity index is 2.11. The van der Waals surface area contributed by atoms with Crippen LogP contribution in [0.5, 0.6) is 0 Å². The van der Waals surface area contributed by atoms with Crippen LogP contribution >= 0.6 is 11.3 Å². The number of amides is 1. The number of aromatic nitrogens is 1. The Morgan fingerprint density at radius 2 is 2.20 bits per heavy atom. The minimum absolute atomic E-state index is 0.105. The Kier molecular flexibility index (Phi) is 4.88. The number of rotatable bonds is 3. The molecule has 5 heteroatoms. The smallest absolute Gasteiger partial charge is 0.263 e. The van der Waals surface area contributed by atoms with Crippen LogP contribution in [0.4, 0.5) is 0 Å². The van der Waals surface area contributed by atoms with E-state index in [0.717, 1.165) is 5.56 Å². The van der Waals surface area contributed by atoms with Crippen molar-refractivity contribution in [3.05, 3.63) is 52.0 Å². The van der Waals surface area contributed by atoms with Crippen LogP contribution in [0.1, 0.15) is 33.8 Å². The zero-order chi connectivity index (χ0) is 14.4. The van der Waals surface area contributed by atoms with Crippen molar-refractivity contribution < 1.29 is 9.90 Å². The lowest BCUT2D eigenvalue weighted by molar-refractivity contribution is 0.0944. The van der Waals surface area contributed by atoms with Crippen molar-refractivity contribution in [2.45, 2.75) is 13.0 Å². The van der Waals surface area contributed by atoms with E-state index in [0.29, 0.717) is 10.4 Å². The molecule has 0 spiro atoms. The average molecular weight is 286 g/mol. The van der Waals surface area contributed by atoms with Gasteiger partial charge in [0.2, 0.25) is 0 Å². The zero-order valence-corrected chi connectivity index (χ0v) is 11.8. The van der Waals surface area contributed by atoms with Gasteiger partial charge < -0.3 is 10.4 Å². The number of nitrogens with one attached hydrogen (secondary N) is 1. The van der Waals surface area contributed by atoms with Crippen LogP contribution in [0.3, 0.4) is 0 Å². The third kappa shape index (κ3) is 3.44. The lowest BCUT2D eigenvalue weighted by Gasteiger charge is -2.13. The van der Waals surface area contributed by atoms with Gasteiger partial charge in [0.15, 0.2) is 0 Å². The van der Waals surface area contributed by atoms with Crippen LogP contribution in [-0.2, 0) is 0 Å². The topological polar surface area (TPSA) is 62.2 Å². The van der Waals surface area contributed by atoms with Crippen LogP contribution in [0.15, 0.2) is 36.0 Å². The first kappa shape index (κ1) is 14.3. The highest BCUT2D eigenvalue weighted by Gasteiger charge is 2.15. The SMILES string of the molecule is CC(NC(=O)c1sccc1C#CCO)c1ccncc1. The summed E-state index contributed by atoms with van der Waals surface area (Å²) in [6.07, 6.45) is 3.39. The fourth-order valence-electron chi connectivity index (χ4n) is 1.72. The molecule has 2 aromatic rings. The Morgan fingerprint density at radius 3 is 2.90 bits per heavy atom. The molecule has 102 valence electrons. The van der Waals surface area contributed by atoms with Crippen LogP contribution in [0.25, 0.3) is 0 Å². The zero-order valence-electron chi connectivity index (χ0n) is 11.0. The summed E-state index contributed by atoms with van der Waals surface area (Å²) in [6, 6.07) is 5.41. The normalized spacial score (nSPS) is 11.3. The molecule has 0 saturated carbocycles. The average Bonchev–Trinajstić information content (AvgIpc) is 2.94. The molecule has 0 saturated heterocycles. The number of carbonyl (C=O) groups is 1. The van der Waals surface area contributed by atoms with Crippen molar-refractivity contribution in [1.29, 1.82) is 0 Å². The molecule has 0 bridgehead atoms. The molecular formula is C15H14N2O2S. The van der Waals surface area contributed by atoms with Crippen molar-refractivity contribution in [3.63, 3.8) is 0 Å². The van der Waals surface area contributed by atoms with Gasteiger partial charge in [-0.2, -0.15) is 0 Å². The van der Waals surface area contributed by atoms with Gasteiger partial charge >= 0.3 is 0 Å². The fourth-order valence-corrected chi connectivity index (χ4v) is 2.47. The molecule has 0 aliphatic heterocycles. The molecular weight excluding hydrogens is 272 g/mol. The van der Waals surface area contributed by atoms with Crippen molar-refractivity contribution in [2.75, 3.05) is 6.61 Å². The maximum absolute atomic E-state index is 12.2. The molecule has 0 fully saturated rings. The Bertz CT molecular complexity index is 641. The Hall–Kier alpha value is -2.16. The highest BCUT2D eigenvalue weighted by atomic mass is 32.1. The number of pyridine rings is 1. The Morgan fingerprint density at radius 1 is 1.45 bits per heavy atom. The van der Waals surface area contributed by atoms with Gasteiger partial charge in [-0.25, -0.2) is 0 Å². The number of aliphatic hydroxyl groups is 1. The summed E-state index contributed by atoms with van der Waals surface area (Å²) >= 11 is 1.34. The van der Waals surface area contributed by atoms with Crippen molar-refractivity contribution in [3.8, 4) is 11.8 Å². The molecule has 0 radical (unpaired) electrons. The van der Waals surface area contributed by atoms with Gasteiger partial charge in [-0.3, -0.25) is 9.78 Å².